The molecule has 0 aliphatic carbocycles. The molecule has 2 aromatic carbocycles. The monoisotopic (exact) mass is 366 g/mol. The average molecular weight is 367 g/mol. The van der Waals surface area contributed by atoms with E-state index in [1.165, 1.54) is 11.1 Å². The van der Waals surface area contributed by atoms with Crippen molar-refractivity contribution in [2.45, 2.75) is 46.0 Å². The van der Waals surface area contributed by atoms with Crippen LogP contribution in [0.15, 0.2) is 42.5 Å². The van der Waals surface area contributed by atoms with Crippen molar-refractivity contribution >= 4 is 17.3 Å². The van der Waals surface area contributed by atoms with Crippen molar-refractivity contribution in [3.05, 3.63) is 53.6 Å². The van der Waals surface area contributed by atoms with E-state index < -0.39 is 0 Å². The van der Waals surface area contributed by atoms with Gasteiger partial charge in [0.15, 0.2) is 0 Å². The maximum absolute atomic E-state index is 13.0. The summed E-state index contributed by atoms with van der Waals surface area (Å²) in [6.45, 7) is 10.5. The van der Waals surface area contributed by atoms with Crippen LogP contribution in [0.25, 0.3) is 0 Å². The van der Waals surface area contributed by atoms with Crippen molar-refractivity contribution in [3.63, 3.8) is 0 Å². The standard InChI is InChI=1S/C23H30N2O2/c1-16(2)18-9-7-10-19(17(3)4)23(18)24-22(26)15-25-13-8-14-27-21-12-6-5-11-20(21)25/h5-7,9-12,16-17H,8,13-15H2,1-4H3,(H,24,26). The van der Waals surface area contributed by atoms with Gasteiger partial charge < -0.3 is 15.0 Å². The molecule has 0 saturated carbocycles. The summed E-state index contributed by atoms with van der Waals surface area (Å²) in [5, 5.41) is 3.22. The number of anilines is 2. The molecule has 144 valence electrons. The Morgan fingerprint density at radius 2 is 1.70 bits per heavy atom. The molecule has 3 rings (SSSR count). The van der Waals surface area contributed by atoms with Crippen molar-refractivity contribution in [2.75, 3.05) is 29.9 Å². The SMILES string of the molecule is CC(C)c1cccc(C(C)C)c1NC(=O)CN1CCCOc2ccccc21. The fourth-order valence-electron chi connectivity index (χ4n) is 3.61. The molecule has 2 aromatic rings. The largest absolute Gasteiger partial charge is 0.491 e. The quantitative estimate of drug-likeness (QED) is 0.794. The minimum Gasteiger partial charge on any atom is -0.491 e. The molecule has 0 fully saturated rings. The van der Waals surface area contributed by atoms with E-state index in [1.807, 2.05) is 24.3 Å². The molecule has 27 heavy (non-hydrogen) atoms. The normalized spacial score (nSPS) is 13.9. The molecular formula is C23H30N2O2. The number of para-hydroxylation sites is 3. The predicted molar refractivity (Wildman–Crippen MR) is 112 cm³/mol. The van der Waals surface area contributed by atoms with Gasteiger partial charge in [-0.25, -0.2) is 0 Å². The van der Waals surface area contributed by atoms with Gasteiger partial charge >= 0.3 is 0 Å². The van der Waals surface area contributed by atoms with Crippen LogP contribution in [0.1, 0.15) is 57.1 Å². The van der Waals surface area contributed by atoms with E-state index in [0.29, 0.717) is 25.0 Å². The first-order valence-electron chi connectivity index (χ1n) is 9.86. The highest BCUT2D eigenvalue weighted by Gasteiger charge is 2.21. The van der Waals surface area contributed by atoms with E-state index in [2.05, 4.69) is 56.1 Å². The molecule has 1 aliphatic heterocycles. The van der Waals surface area contributed by atoms with Gasteiger partial charge in [0.25, 0.3) is 0 Å². The summed E-state index contributed by atoms with van der Waals surface area (Å²) in [4.78, 5) is 15.1. The van der Waals surface area contributed by atoms with E-state index in [1.54, 1.807) is 0 Å². The fraction of sp³-hybridized carbons (Fsp3) is 0.435. The second kappa shape index (κ2) is 8.47. The van der Waals surface area contributed by atoms with Gasteiger partial charge in [-0.05, 0) is 41.5 Å². The summed E-state index contributed by atoms with van der Waals surface area (Å²) in [5.41, 5.74) is 4.35. The third-order valence-electron chi connectivity index (χ3n) is 5.01. The topological polar surface area (TPSA) is 41.6 Å². The molecular weight excluding hydrogens is 336 g/mol. The first-order valence-corrected chi connectivity index (χ1v) is 9.86. The van der Waals surface area contributed by atoms with Gasteiger partial charge in [-0.3, -0.25) is 4.79 Å². The van der Waals surface area contributed by atoms with E-state index in [4.69, 9.17) is 4.74 Å². The van der Waals surface area contributed by atoms with Gasteiger partial charge in [0.05, 0.1) is 18.8 Å². The highest BCUT2D eigenvalue weighted by atomic mass is 16.5. The lowest BCUT2D eigenvalue weighted by Crippen LogP contribution is -2.34. The Bertz CT molecular complexity index is 772. The first-order chi connectivity index (χ1) is 13.0. The van der Waals surface area contributed by atoms with Crippen LogP contribution in [-0.4, -0.2) is 25.6 Å². The number of fused-ring (bicyclic) bond motifs is 1. The molecule has 0 aromatic heterocycles. The molecule has 0 spiro atoms. The number of nitrogens with zero attached hydrogens (tertiary/aromatic N) is 1. The third kappa shape index (κ3) is 4.44. The summed E-state index contributed by atoms with van der Waals surface area (Å²) in [7, 11) is 0. The molecule has 0 radical (unpaired) electrons. The Morgan fingerprint density at radius 1 is 1.04 bits per heavy atom. The number of hydrogen-bond acceptors (Lipinski definition) is 3. The van der Waals surface area contributed by atoms with Crippen LogP contribution in [0.4, 0.5) is 11.4 Å². The molecule has 1 heterocycles. The van der Waals surface area contributed by atoms with Gasteiger partial charge in [0.2, 0.25) is 5.91 Å². The molecule has 1 aliphatic rings. The summed E-state index contributed by atoms with van der Waals surface area (Å²) < 4.78 is 5.81. The number of nitrogens with one attached hydrogen (secondary N) is 1. The Morgan fingerprint density at radius 3 is 2.37 bits per heavy atom. The van der Waals surface area contributed by atoms with Crippen molar-refractivity contribution in [1.82, 2.24) is 0 Å². The van der Waals surface area contributed by atoms with Crippen LogP contribution >= 0.6 is 0 Å². The summed E-state index contributed by atoms with van der Waals surface area (Å²) in [6.07, 6.45) is 0.905. The lowest BCUT2D eigenvalue weighted by atomic mass is 9.92. The van der Waals surface area contributed by atoms with Crippen molar-refractivity contribution in [1.29, 1.82) is 0 Å². The average Bonchev–Trinajstić information content (AvgIpc) is 2.84. The van der Waals surface area contributed by atoms with Crippen LogP contribution in [0.2, 0.25) is 0 Å². The van der Waals surface area contributed by atoms with Crippen LogP contribution < -0.4 is 15.0 Å². The number of rotatable bonds is 5. The van der Waals surface area contributed by atoms with Crippen molar-refractivity contribution in [3.8, 4) is 5.75 Å². The molecule has 0 bridgehead atoms. The minimum atomic E-state index is 0.0155. The maximum Gasteiger partial charge on any atom is 0.243 e. The predicted octanol–water partition coefficient (Wildman–Crippen LogP) is 5.16. The number of carbonyl (C=O) groups is 1. The maximum atomic E-state index is 13.0. The minimum absolute atomic E-state index is 0.0155. The van der Waals surface area contributed by atoms with Crippen LogP contribution in [0.5, 0.6) is 5.75 Å². The highest BCUT2D eigenvalue weighted by molar-refractivity contribution is 5.96. The van der Waals surface area contributed by atoms with Crippen molar-refractivity contribution in [2.24, 2.45) is 0 Å². The van der Waals surface area contributed by atoms with Gasteiger partial charge in [0.1, 0.15) is 5.75 Å². The first kappa shape index (κ1) is 19.3. The Balaban J connectivity index is 1.83. The Kier molecular flexibility index (Phi) is 6.04. The van der Waals surface area contributed by atoms with Crippen LogP contribution in [-0.2, 0) is 4.79 Å². The highest BCUT2D eigenvalue weighted by Crippen LogP contribution is 2.33. The number of carbonyl (C=O) groups excluding carboxylic acids is 1. The van der Waals surface area contributed by atoms with E-state index in [-0.39, 0.29) is 5.91 Å². The molecule has 1 amide bonds. The fourth-order valence-corrected chi connectivity index (χ4v) is 3.61. The van der Waals surface area contributed by atoms with Gasteiger partial charge in [-0.2, -0.15) is 0 Å². The second-order valence-corrected chi connectivity index (χ2v) is 7.76. The molecule has 4 heteroatoms. The third-order valence-corrected chi connectivity index (χ3v) is 5.01. The van der Waals surface area contributed by atoms with E-state index in [9.17, 15) is 4.79 Å². The molecule has 0 saturated heterocycles. The smallest absolute Gasteiger partial charge is 0.243 e. The number of amides is 1. The lowest BCUT2D eigenvalue weighted by molar-refractivity contribution is -0.115. The Hall–Kier alpha value is -2.49. The molecule has 0 atom stereocenters. The summed E-state index contributed by atoms with van der Waals surface area (Å²) in [5.74, 6) is 1.58. The zero-order valence-corrected chi connectivity index (χ0v) is 16.8. The van der Waals surface area contributed by atoms with E-state index in [0.717, 1.165) is 30.1 Å². The van der Waals surface area contributed by atoms with Crippen molar-refractivity contribution < 1.29 is 9.53 Å². The molecule has 0 unspecified atom stereocenters. The van der Waals surface area contributed by atoms with Gasteiger partial charge in [-0.15, -0.1) is 0 Å². The number of hydrogen-bond donors (Lipinski definition) is 1. The second-order valence-electron chi connectivity index (χ2n) is 7.76. The number of ether oxygens (including phenoxy) is 1. The number of benzene rings is 2. The van der Waals surface area contributed by atoms with Crippen LogP contribution in [0.3, 0.4) is 0 Å². The van der Waals surface area contributed by atoms with Gasteiger partial charge in [0, 0.05) is 12.2 Å². The summed E-state index contributed by atoms with van der Waals surface area (Å²) in [6, 6.07) is 14.3. The van der Waals surface area contributed by atoms with E-state index >= 15 is 0 Å². The zero-order valence-electron chi connectivity index (χ0n) is 16.8. The molecule has 1 N–H and O–H groups in total. The molecule has 4 nitrogen and oxygen atoms in total. The van der Waals surface area contributed by atoms with Gasteiger partial charge in [-0.1, -0.05) is 58.0 Å². The zero-order chi connectivity index (χ0) is 19.4. The Labute approximate surface area is 162 Å². The lowest BCUT2D eigenvalue weighted by Gasteiger charge is -2.25. The van der Waals surface area contributed by atoms with Crippen LogP contribution in [0, 0.1) is 0 Å². The summed E-state index contributed by atoms with van der Waals surface area (Å²) >= 11 is 0.